The van der Waals surface area contributed by atoms with Crippen molar-refractivity contribution in [2.45, 2.75) is 12.5 Å². The third-order valence-corrected chi connectivity index (χ3v) is 3.03. The number of ether oxygens (including phenoxy) is 1. The molecule has 70 valence electrons. The summed E-state index contributed by atoms with van der Waals surface area (Å²) < 4.78 is 6.37. The van der Waals surface area contributed by atoms with Crippen LogP contribution >= 0.6 is 15.9 Å². The van der Waals surface area contributed by atoms with Crippen LogP contribution in [0.3, 0.4) is 0 Å². The Morgan fingerprint density at radius 3 is 2.85 bits per heavy atom. The summed E-state index contributed by atoms with van der Waals surface area (Å²) in [6.45, 7) is 1.11. The molecule has 3 heteroatoms. The van der Waals surface area contributed by atoms with Crippen LogP contribution in [0.4, 0.5) is 0 Å². The van der Waals surface area contributed by atoms with E-state index in [1.807, 2.05) is 12.1 Å². The SMILES string of the molecule is COc1c(Br)cccc1C1CCN1. The number of benzene rings is 1. The van der Waals surface area contributed by atoms with Crippen LogP contribution in [0.1, 0.15) is 18.0 Å². The first-order chi connectivity index (χ1) is 6.33. The van der Waals surface area contributed by atoms with Crippen molar-refractivity contribution in [1.29, 1.82) is 0 Å². The van der Waals surface area contributed by atoms with Gasteiger partial charge < -0.3 is 10.1 Å². The zero-order valence-corrected chi connectivity index (χ0v) is 9.10. The maximum Gasteiger partial charge on any atom is 0.137 e. The molecule has 0 bridgehead atoms. The molecule has 0 amide bonds. The standard InChI is InChI=1S/C10H12BrNO/c1-13-10-7(9-5-6-12-9)3-2-4-8(10)11/h2-4,9,12H,5-6H2,1H3. The summed E-state index contributed by atoms with van der Waals surface area (Å²) in [5, 5.41) is 3.36. The molecule has 1 aromatic rings. The second kappa shape index (κ2) is 3.68. The van der Waals surface area contributed by atoms with Gasteiger partial charge in [-0.05, 0) is 35.0 Å². The topological polar surface area (TPSA) is 21.3 Å². The van der Waals surface area contributed by atoms with Crippen molar-refractivity contribution >= 4 is 15.9 Å². The molecule has 1 aliphatic heterocycles. The lowest BCUT2D eigenvalue weighted by atomic mass is 9.97. The molecule has 0 spiro atoms. The highest BCUT2D eigenvalue weighted by Crippen LogP contribution is 2.35. The molecule has 1 aromatic carbocycles. The van der Waals surface area contributed by atoms with Crippen LogP contribution in [-0.4, -0.2) is 13.7 Å². The van der Waals surface area contributed by atoms with Crippen molar-refractivity contribution in [2.24, 2.45) is 0 Å². The molecule has 0 aliphatic carbocycles. The third kappa shape index (κ3) is 1.58. The number of para-hydroxylation sites is 1. The van der Waals surface area contributed by atoms with Gasteiger partial charge in [0.15, 0.2) is 0 Å². The van der Waals surface area contributed by atoms with Crippen LogP contribution in [0, 0.1) is 0 Å². The molecular formula is C10H12BrNO. The molecule has 1 unspecified atom stereocenters. The first-order valence-corrected chi connectivity index (χ1v) is 5.18. The maximum absolute atomic E-state index is 5.35. The normalized spacial score (nSPS) is 20.9. The molecular weight excluding hydrogens is 230 g/mol. The van der Waals surface area contributed by atoms with E-state index in [1.54, 1.807) is 7.11 Å². The third-order valence-electron chi connectivity index (χ3n) is 2.40. The Morgan fingerprint density at radius 2 is 2.31 bits per heavy atom. The number of hydrogen-bond donors (Lipinski definition) is 1. The van der Waals surface area contributed by atoms with Crippen molar-refractivity contribution in [2.75, 3.05) is 13.7 Å². The highest BCUT2D eigenvalue weighted by atomic mass is 79.9. The van der Waals surface area contributed by atoms with Gasteiger partial charge in [0.25, 0.3) is 0 Å². The van der Waals surface area contributed by atoms with Gasteiger partial charge in [-0.3, -0.25) is 0 Å². The van der Waals surface area contributed by atoms with Crippen molar-refractivity contribution in [1.82, 2.24) is 5.32 Å². The molecule has 0 radical (unpaired) electrons. The van der Waals surface area contributed by atoms with Gasteiger partial charge in [0.05, 0.1) is 11.6 Å². The van der Waals surface area contributed by atoms with Crippen LogP contribution < -0.4 is 10.1 Å². The quantitative estimate of drug-likeness (QED) is 0.860. The molecule has 1 saturated heterocycles. The maximum atomic E-state index is 5.35. The largest absolute Gasteiger partial charge is 0.495 e. The van der Waals surface area contributed by atoms with Crippen LogP contribution in [0.5, 0.6) is 5.75 Å². The zero-order chi connectivity index (χ0) is 9.26. The van der Waals surface area contributed by atoms with E-state index in [0.29, 0.717) is 6.04 Å². The average Bonchev–Trinajstić information content (AvgIpc) is 2.01. The summed E-state index contributed by atoms with van der Waals surface area (Å²) in [5.41, 5.74) is 1.25. The summed E-state index contributed by atoms with van der Waals surface area (Å²) in [4.78, 5) is 0. The lowest BCUT2D eigenvalue weighted by Gasteiger charge is -2.29. The van der Waals surface area contributed by atoms with Gasteiger partial charge in [0.2, 0.25) is 0 Å². The average molecular weight is 242 g/mol. The zero-order valence-electron chi connectivity index (χ0n) is 7.51. The molecule has 13 heavy (non-hydrogen) atoms. The van der Waals surface area contributed by atoms with E-state index in [2.05, 4.69) is 27.3 Å². The fourth-order valence-electron chi connectivity index (χ4n) is 1.57. The van der Waals surface area contributed by atoms with Crippen LogP contribution in [-0.2, 0) is 0 Å². The van der Waals surface area contributed by atoms with E-state index in [4.69, 9.17) is 4.74 Å². The van der Waals surface area contributed by atoms with Gasteiger partial charge in [-0.1, -0.05) is 12.1 Å². The van der Waals surface area contributed by atoms with Crippen LogP contribution in [0.25, 0.3) is 0 Å². The summed E-state index contributed by atoms with van der Waals surface area (Å²) >= 11 is 3.48. The minimum Gasteiger partial charge on any atom is -0.495 e. The predicted octanol–water partition coefficient (Wildman–Crippen LogP) is 2.49. The van der Waals surface area contributed by atoms with Gasteiger partial charge in [-0.25, -0.2) is 0 Å². The second-order valence-electron chi connectivity index (χ2n) is 3.16. The fraction of sp³-hybridized carbons (Fsp3) is 0.400. The molecule has 1 N–H and O–H groups in total. The fourth-order valence-corrected chi connectivity index (χ4v) is 2.11. The first-order valence-electron chi connectivity index (χ1n) is 4.38. The highest BCUT2D eigenvalue weighted by molar-refractivity contribution is 9.10. The Bertz CT molecular complexity index is 310. The minimum atomic E-state index is 0.479. The number of halogens is 1. The van der Waals surface area contributed by atoms with Crippen molar-refractivity contribution in [3.05, 3.63) is 28.2 Å². The first kappa shape index (κ1) is 9.03. The van der Waals surface area contributed by atoms with Crippen molar-refractivity contribution in [3.63, 3.8) is 0 Å². The van der Waals surface area contributed by atoms with E-state index in [1.165, 1.54) is 12.0 Å². The molecule has 1 heterocycles. The molecule has 1 atom stereocenters. The van der Waals surface area contributed by atoms with Crippen molar-refractivity contribution < 1.29 is 4.74 Å². The summed E-state index contributed by atoms with van der Waals surface area (Å²) in [7, 11) is 1.71. The molecule has 1 aliphatic rings. The highest BCUT2D eigenvalue weighted by Gasteiger charge is 2.22. The number of rotatable bonds is 2. The summed E-state index contributed by atoms with van der Waals surface area (Å²) in [5.74, 6) is 0.958. The summed E-state index contributed by atoms with van der Waals surface area (Å²) in [6, 6.07) is 6.64. The number of nitrogens with one attached hydrogen (secondary N) is 1. The molecule has 2 rings (SSSR count). The molecule has 0 saturated carbocycles. The number of methoxy groups -OCH3 is 1. The Labute approximate surface area is 86.4 Å². The van der Waals surface area contributed by atoms with E-state index in [0.717, 1.165) is 16.8 Å². The van der Waals surface area contributed by atoms with Crippen LogP contribution in [0.15, 0.2) is 22.7 Å². The van der Waals surface area contributed by atoms with Crippen molar-refractivity contribution in [3.8, 4) is 5.75 Å². The van der Waals surface area contributed by atoms with Gasteiger partial charge in [0.1, 0.15) is 5.75 Å². The predicted molar refractivity (Wildman–Crippen MR) is 56.1 cm³/mol. The Morgan fingerprint density at radius 1 is 1.54 bits per heavy atom. The molecule has 1 fully saturated rings. The van der Waals surface area contributed by atoms with E-state index in [-0.39, 0.29) is 0 Å². The Kier molecular flexibility index (Phi) is 2.56. The van der Waals surface area contributed by atoms with Gasteiger partial charge >= 0.3 is 0 Å². The van der Waals surface area contributed by atoms with Gasteiger partial charge in [-0.2, -0.15) is 0 Å². The molecule has 2 nitrogen and oxygen atoms in total. The lowest BCUT2D eigenvalue weighted by molar-refractivity contribution is 0.352. The lowest BCUT2D eigenvalue weighted by Crippen LogP contribution is -2.35. The minimum absolute atomic E-state index is 0.479. The van der Waals surface area contributed by atoms with Gasteiger partial charge in [0, 0.05) is 11.6 Å². The Hall–Kier alpha value is -0.540. The Balaban J connectivity index is 2.37. The summed E-state index contributed by atoms with van der Waals surface area (Å²) in [6.07, 6.45) is 1.20. The smallest absolute Gasteiger partial charge is 0.137 e. The number of hydrogen-bond acceptors (Lipinski definition) is 2. The van der Waals surface area contributed by atoms with E-state index in [9.17, 15) is 0 Å². The van der Waals surface area contributed by atoms with E-state index >= 15 is 0 Å². The monoisotopic (exact) mass is 241 g/mol. The van der Waals surface area contributed by atoms with E-state index < -0.39 is 0 Å². The van der Waals surface area contributed by atoms with Gasteiger partial charge in [-0.15, -0.1) is 0 Å². The molecule has 0 aromatic heterocycles. The second-order valence-corrected chi connectivity index (χ2v) is 4.01. The van der Waals surface area contributed by atoms with Crippen LogP contribution in [0.2, 0.25) is 0 Å².